The van der Waals surface area contributed by atoms with E-state index < -0.39 is 0 Å². The van der Waals surface area contributed by atoms with Crippen LogP contribution in [0.2, 0.25) is 0 Å². The van der Waals surface area contributed by atoms with Gasteiger partial charge in [-0.3, -0.25) is 4.79 Å². The van der Waals surface area contributed by atoms with E-state index in [1.165, 1.54) is 18.5 Å². The van der Waals surface area contributed by atoms with Crippen LogP contribution in [0.5, 0.6) is 0 Å². The van der Waals surface area contributed by atoms with Gasteiger partial charge in [0.2, 0.25) is 0 Å². The Bertz CT molecular complexity index is 961. The van der Waals surface area contributed by atoms with Crippen LogP contribution in [0.4, 0.5) is 5.82 Å². The number of fused-ring (bicyclic) bond motifs is 2. The zero-order valence-corrected chi connectivity index (χ0v) is 13.5. The van der Waals surface area contributed by atoms with Gasteiger partial charge in [-0.25, -0.2) is 0 Å². The fourth-order valence-corrected chi connectivity index (χ4v) is 3.89. The van der Waals surface area contributed by atoms with E-state index in [9.17, 15) is 4.79 Å². The number of H-pyrrole nitrogens is 1. The Labute approximate surface area is 139 Å². The van der Waals surface area contributed by atoms with E-state index in [2.05, 4.69) is 16.1 Å². The van der Waals surface area contributed by atoms with E-state index in [0.29, 0.717) is 17.3 Å². The molecule has 3 aromatic rings. The summed E-state index contributed by atoms with van der Waals surface area (Å²) in [6.07, 6.45) is 6.48. The lowest BCUT2D eigenvalue weighted by Crippen LogP contribution is -2.18. The van der Waals surface area contributed by atoms with Gasteiger partial charge in [0.15, 0.2) is 0 Å². The maximum Gasteiger partial charge on any atom is 0.279 e. The predicted molar refractivity (Wildman–Crippen MR) is 93.3 cm³/mol. The van der Waals surface area contributed by atoms with Gasteiger partial charge in [-0.1, -0.05) is 6.07 Å². The average molecular weight is 320 g/mol. The van der Waals surface area contributed by atoms with Crippen molar-refractivity contribution in [2.75, 3.05) is 5.73 Å². The average Bonchev–Trinajstić information content (AvgIpc) is 3.28. The monoisotopic (exact) mass is 320 g/mol. The van der Waals surface area contributed by atoms with Crippen LogP contribution in [0.15, 0.2) is 24.3 Å². The van der Waals surface area contributed by atoms with Crippen LogP contribution < -0.4 is 5.73 Å². The molecule has 122 valence electrons. The molecule has 2 aliphatic rings. The summed E-state index contributed by atoms with van der Waals surface area (Å²) in [6, 6.07) is 7.99. The summed E-state index contributed by atoms with van der Waals surface area (Å²) < 4.78 is 1.54. The number of rotatable bonds is 2. The standard InChI is InChI=1S/C19H20N4O/c20-18-13-4-1-2-7-17(13)23(22-18)19(24)12-5-3-6-15-14(12)10-16(21-15)11-8-9-11/h3,5-6,10-11,21H,1-2,4,7-9H2,(H2,20,22). The predicted octanol–water partition coefficient (Wildman–Crippen LogP) is 3.39. The smallest absolute Gasteiger partial charge is 0.279 e. The third-order valence-electron chi connectivity index (χ3n) is 5.34. The van der Waals surface area contributed by atoms with Gasteiger partial charge in [0.1, 0.15) is 5.82 Å². The van der Waals surface area contributed by atoms with Gasteiger partial charge < -0.3 is 10.7 Å². The molecule has 3 N–H and O–H groups in total. The Kier molecular flexibility index (Phi) is 2.86. The highest BCUT2D eigenvalue weighted by atomic mass is 16.2. The number of nitrogens with two attached hydrogens (primary N) is 1. The van der Waals surface area contributed by atoms with Crippen LogP contribution in [0.3, 0.4) is 0 Å². The Morgan fingerprint density at radius 1 is 1.25 bits per heavy atom. The number of nitrogens with one attached hydrogen (secondary N) is 1. The summed E-state index contributed by atoms with van der Waals surface area (Å²) >= 11 is 0. The number of nitrogens with zero attached hydrogens (tertiary/aromatic N) is 2. The van der Waals surface area contributed by atoms with Gasteiger partial charge >= 0.3 is 0 Å². The molecule has 0 aliphatic heterocycles. The Balaban J connectivity index is 1.63. The summed E-state index contributed by atoms with van der Waals surface area (Å²) in [4.78, 5) is 16.6. The zero-order valence-electron chi connectivity index (χ0n) is 13.5. The molecule has 24 heavy (non-hydrogen) atoms. The van der Waals surface area contributed by atoms with Crippen LogP contribution in [0.1, 0.15) is 58.9 Å². The number of carbonyl (C=O) groups is 1. The molecule has 1 saturated carbocycles. The molecular weight excluding hydrogens is 300 g/mol. The molecule has 5 heteroatoms. The van der Waals surface area contributed by atoms with Crippen molar-refractivity contribution in [1.29, 1.82) is 0 Å². The number of hydrogen-bond donors (Lipinski definition) is 2. The number of anilines is 1. The fourth-order valence-electron chi connectivity index (χ4n) is 3.89. The molecule has 1 aromatic carbocycles. The Morgan fingerprint density at radius 2 is 2.08 bits per heavy atom. The Morgan fingerprint density at radius 3 is 2.92 bits per heavy atom. The first-order valence-corrected chi connectivity index (χ1v) is 8.75. The Hall–Kier alpha value is -2.56. The van der Waals surface area contributed by atoms with Crippen molar-refractivity contribution in [3.05, 3.63) is 46.8 Å². The normalized spacial score (nSPS) is 17.2. The van der Waals surface area contributed by atoms with Crippen molar-refractivity contribution in [1.82, 2.24) is 14.8 Å². The maximum atomic E-state index is 13.2. The summed E-state index contributed by atoms with van der Waals surface area (Å²) in [5.41, 5.74) is 11.1. The van der Waals surface area contributed by atoms with Gasteiger partial charge in [-0.2, -0.15) is 4.68 Å². The van der Waals surface area contributed by atoms with E-state index >= 15 is 0 Å². The van der Waals surface area contributed by atoms with Crippen LogP contribution in [0, 0.1) is 0 Å². The second-order valence-electron chi connectivity index (χ2n) is 7.00. The first-order valence-electron chi connectivity index (χ1n) is 8.75. The van der Waals surface area contributed by atoms with Gasteiger partial charge in [0, 0.05) is 22.2 Å². The quantitative estimate of drug-likeness (QED) is 0.760. The molecule has 0 unspecified atom stereocenters. The minimum atomic E-state index is -0.0724. The van der Waals surface area contributed by atoms with Crippen LogP contribution in [-0.2, 0) is 12.8 Å². The number of aromatic amines is 1. The number of benzene rings is 1. The minimum Gasteiger partial charge on any atom is -0.382 e. The molecule has 0 amide bonds. The van der Waals surface area contributed by atoms with Gasteiger partial charge in [-0.15, -0.1) is 5.10 Å². The van der Waals surface area contributed by atoms with Crippen molar-refractivity contribution < 1.29 is 4.79 Å². The summed E-state index contributed by atoms with van der Waals surface area (Å²) in [7, 11) is 0. The third-order valence-corrected chi connectivity index (χ3v) is 5.34. The van der Waals surface area contributed by atoms with Gasteiger partial charge in [0.25, 0.3) is 5.91 Å². The second-order valence-corrected chi connectivity index (χ2v) is 7.00. The zero-order chi connectivity index (χ0) is 16.3. The molecule has 0 saturated heterocycles. The lowest BCUT2D eigenvalue weighted by molar-refractivity contribution is 0.0943. The van der Waals surface area contributed by atoms with Crippen molar-refractivity contribution in [3.63, 3.8) is 0 Å². The largest absolute Gasteiger partial charge is 0.382 e. The van der Waals surface area contributed by atoms with Crippen LogP contribution in [0.25, 0.3) is 10.9 Å². The highest BCUT2D eigenvalue weighted by Crippen LogP contribution is 2.41. The van der Waals surface area contributed by atoms with E-state index in [0.717, 1.165) is 47.8 Å². The van der Waals surface area contributed by atoms with Gasteiger partial charge in [0.05, 0.1) is 11.3 Å². The molecule has 5 rings (SSSR count). The molecule has 0 atom stereocenters. The molecule has 5 nitrogen and oxygen atoms in total. The molecule has 2 aliphatic carbocycles. The first-order chi connectivity index (χ1) is 11.7. The molecule has 0 spiro atoms. The van der Waals surface area contributed by atoms with Crippen molar-refractivity contribution >= 4 is 22.6 Å². The summed E-state index contributed by atoms with van der Waals surface area (Å²) in [6.45, 7) is 0. The highest BCUT2D eigenvalue weighted by Gasteiger charge is 2.27. The third kappa shape index (κ3) is 2.00. The minimum absolute atomic E-state index is 0.0724. The molecule has 2 heterocycles. The second kappa shape index (κ2) is 4.97. The SMILES string of the molecule is Nc1nn(C(=O)c2cccc3[nH]c(C4CC4)cc23)c2c1CCCC2. The molecular formula is C19H20N4O. The van der Waals surface area contributed by atoms with Crippen LogP contribution >= 0.6 is 0 Å². The summed E-state index contributed by atoms with van der Waals surface area (Å²) in [5, 5.41) is 5.35. The lowest BCUT2D eigenvalue weighted by Gasteiger charge is -2.13. The number of carbonyl (C=O) groups excluding carboxylic acids is 1. The van der Waals surface area contributed by atoms with E-state index in [4.69, 9.17) is 5.73 Å². The van der Waals surface area contributed by atoms with E-state index in [-0.39, 0.29) is 5.91 Å². The van der Waals surface area contributed by atoms with Gasteiger partial charge in [-0.05, 0) is 62.6 Å². The fraction of sp³-hybridized carbons (Fsp3) is 0.368. The van der Waals surface area contributed by atoms with Crippen molar-refractivity contribution in [2.45, 2.75) is 44.4 Å². The number of nitrogen functional groups attached to an aromatic ring is 1. The molecule has 1 fully saturated rings. The highest BCUT2D eigenvalue weighted by molar-refractivity contribution is 6.07. The summed E-state index contributed by atoms with van der Waals surface area (Å²) in [5.74, 6) is 1.07. The van der Waals surface area contributed by atoms with Crippen molar-refractivity contribution in [2.24, 2.45) is 0 Å². The van der Waals surface area contributed by atoms with Crippen molar-refractivity contribution in [3.8, 4) is 0 Å². The number of aromatic nitrogens is 3. The first kappa shape index (κ1) is 13.8. The molecule has 0 bridgehead atoms. The molecule has 0 radical (unpaired) electrons. The number of hydrogen-bond acceptors (Lipinski definition) is 3. The van der Waals surface area contributed by atoms with Crippen LogP contribution in [-0.4, -0.2) is 20.7 Å². The lowest BCUT2D eigenvalue weighted by atomic mass is 9.97. The molecule has 2 aromatic heterocycles. The maximum absolute atomic E-state index is 13.2. The van der Waals surface area contributed by atoms with E-state index in [1.54, 1.807) is 4.68 Å². The topological polar surface area (TPSA) is 76.7 Å². The van der Waals surface area contributed by atoms with E-state index in [1.807, 2.05) is 18.2 Å².